The second-order valence-corrected chi connectivity index (χ2v) is 6.68. The summed E-state index contributed by atoms with van der Waals surface area (Å²) in [6.45, 7) is 2.71. The molecule has 2 aliphatic carbocycles. The highest BCUT2D eigenvalue weighted by molar-refractivity contribution is 5.34. The number of hydrogen-bond acceptors (Lipinski definition) is 2. The number of nitrogens with two attached hydrogens (primary N) is 1. The predicted molar refractivity (Wildman–Crippen MR) is 78.2 cm³/mol. The average molecular weight is 277 g/mol. The lowest BCUT2D eigenvalue weighted by molar-refractivity contribution is 0.193. The number of benzene rings is 1. The first-order valence-electron chi connectivity index (χ1n) is 7.78. The van der Waals surface area contributed by atoms with Crippen molar-refractivity contribution in [2.75, 3.05) is 6.61 Å². The summed E-state index contributed by atoms with van der Waals surface area (Å²) >= 11 is 0. The van der Waals surface area contributed by atoms with Crippen LogP contribution in [0.1, 0.15) is 38.2 Å². The van der Waals surface area contributed by atoms with Gasteiger partial charge in [0.15, 0.2) is 0 Å². The second-order valence-electron chi connectivity index (χ2n) is 6.68. The Morgan fingerprint density at radius 1 is 1.35 bits per heavy atom. The van der Waals surface area contributed by atoms with E-state index in [1.54, 1.807) is 12.1 Å². The Labute approximate surface area is 120 Å². The summed E-state index contributed by atoms with van der Waals surface area (Å²) in [6.07, 6.45) is 6.14. The first-order valence-corrected chi connectivity index (χ1v) is 7.78. The maximum Gasteiger partial charge on any atom is 0.123 e. The van der Waals surface area contributed by atoms with Gasteiger partial charge in [-0.25, -0.2) is 4.39 Å². The summed E-state index contributed by atoms with van der Waals surface area (Å²) in [4.78, 5) is 0. The van der Waals surface area contributed by atoms with Gasteiger partial charge in [-0.05, 0) is 74.1 Å². The summed E-state index contributed by atoms with van der Waals surface area (Å²) in [6, 6.07) is 4.79. The Balaban J connectivity index is 1.64. The lowest BCUT2D eigenvalue weighted by Crippen LogP contribution is -2.21. The number of fused-ring (bicyclic) bond motifs is 2. The van der Waals surface area contributed by atoms with E-state index in [4.69, 9.17) is 10.5 Å². The Morgan fingerprint density at radius 2 is 2.20 bits per heavy atom. The van der Waals surface area contributed by atoms with Crippen LogP contribution in [-0.4, -0.2) is 12.6 Å². The summed E-state index contributed by atoms with van der Waals surface area (Å²) in [5, 5.41) is 0. The summed E-state index contributed by atoms with van der Waals surface area (Å²) in [5.74, 6) is 3.09. The van der Waals surface area contributed by atoms with Crippen LogP contribution >= 0.6 is 0 Å². The summed E-state index contributed by atoms with van der Waals surface area (Å²) < 4.78 is 19.4. The Hall–Kier alpha value is -1.09. The van der Waals surface area contributed by atoms with E-state index < -0.39 is 0 Å². The van der Waals surface area contributed by atoms with E-state index in [-0.39, 0.29) is 11.9 Å². The van der Waals surface area contributed by atoms with Gasteiger partial charge in [-0.2, -0.15) is 0 Å². The van der Waals surface area contributed by atoms with E-state index in [1.165, 1.54) is 31.7 Å². The molecular formula is C17H24FNO. The molecule has 0 aliphatic heterocycles. The smallest absolute Gasteiger partial charge is 0.123 e. The molecule has 0 aromatic heterocycles. The highest BCUT2D eigenvalue weighted by atomic mass is 19.1. The molecule has 0 radical (unpaired) electrons. The van der Waals surface area contributed by atoms with E-state index in [9.17, 15) is 4.39 Å². The molecule has 4 unspecified atom stereocenters. The van der Waals surface area contributed by atoms with Crippen molar-refractivity contribution in [3.05, 3.63) is 29.6 Å². The molecule has 2 fully saturated rings. The topological polar surface area (TPSA) is 35.2 Å². The molecule has 2 saturated carbocycles. The van der Waals surface area contributed by atoms with Crippen LogP contribution in [0.5, 0.6) is 5.75 Å². The lowest BCUT2D eigenvalue weighted by atomic mass is 9.89. The van der Waals surface area contributed by atoms with Gasteiger partial charge in [-0.15, -0.1) is 0 Å². The Kier molecular flexibility index (Phi) is 3.97. The van der Waals surface area contributed by atoms with Gasteiger partial charge in [-0.3, -0.25) is 0 Å². The second kappa shape index (κ2) is 5.72. The zero-order chi connectivity index (χ0) is 14.1. The van der Waals surface area contributed by atoms with Gasteiger partial charge in [0.05, 0.1) is 6.61 Å². The third kappa shape index (κ3) is 2.98. The van der Waals surface area contributed by atoms with Crippen molar-refractivity contribution in [1.29, 1.82) is 0 Å². The molecule has 0 amide bonds. The number of ether oxygens (including phenoxy) is 1. The van der Waals surface area contributed by atoms with Crippen molar-refractivity contribution in [3.63, 3.8) is 0 Å². The van der Waals surface area contributed by atoms with Crippen molar-refractivity contribution in [2.24, 2.45) is 23.5 Å². The minimum absolute atomic E-state index is 0.0154. The fourth-order valence-electron chi connectivity index (χ4n) is 3.97. The minimum atomic E-state index is -0.215. The molecule has 2 N–H and O–H groups in total. The fourth-order valence-corrected chi connectivity index (χ4v) is 3.97. The van der Waals surface area contributed by atoms with Crippen molar-refractivity contribution in [3.8, 4) is 5.75 Å². The van der Waals surface area contributed by atoms with Gasteiger partial charge in [0.2, 0.25) is 0 Å². The molecule has 0 spiro atoms. The van der Waals surface area contributed by atoms with Crippen LogP contribution < -0.4 is 10.5 Å². The van der Waals surface area contributed by atoms with E-state index in [1.807, 2.05) is 6.92 Å². The predicted octanol–water partition coefficient (Wildman–Crippen LogP) is 3.53. The molecule has 110 valence electrons. The Morgan fingerprint density at radius 3 is 2.85 bits per heavy atom. The van der Waals surface area contributed by atoms with Crippen LogP contribution in [0.25, 0.3) is 0 Å². The van der Waals surface area contributed by atoms with Crippen molar-refractivity contribution in [2.45, 2.75) is 45.1 Å². The Bertz CT molecular complexity index is 474. The molecule has 0 heterocycles. The van der Waals surface area contributed by atoms with Gasteiger partial charge in [0, 0.05) is 6.04 Å². The maximum atomic E-state index is 13.4. The molecule has 1 aromatic rings. The van der Waals surface area contributed by atoms with Crippen LogP contribution in [-0.2, 0) is 6.42 Å². The van der Waals surface area contributed by atoms with Crippen LogP contribution in [0, 0.1) is 23.6 Å². The minimum Gasteiger partial charge on any atom is -0.493 e. The molecule has 1 aromatic carbocycles. The summed E-state index contributed by atoms with van der Waals surface area (Å²) in [7, 11) is 0. The first kappa shape index (κ1) is 13.9. The third-order valence-corrected chi connectivity index (χ3v) is 4.90. The highest BCUT2D eigenvalue weighted by Gasteiger charge is 2.39. The SMILES string of the molecule is CC(N)Cc1cc(F)ccc1OCC1CC2CCC1C2. The summed E-state index contributed by atoms with van der Waals surface area (Å²) in [5.41, 5.74) is 6.72. The van der Waals surface area contributed by atoms with Gasteiger partial charge >= 0.3 is 0 Å². The fraction of sp³-hybridized carbons (Fsp3) is 0.647. The van der Waals surface area contributed by atoms with Gasteiger partial charge in [0.1, 0.15) is 11.6 Å². The van der Waals surface area contributed by atoms with Gasteiger partial charge < -0.3 is 10.5 Å². The molecule has 2 bridgehead atoms. The van der Waals surface area contributed by atoms with Gasteiger partial charge in [0.25, 0.3) is 0 Å². The standard InChI is InChI=1S/C17H24FNO/c1-11(19)6-14-9-16(18)4-5-17(14)20-10-15-8-12-2-3-13(15)7-12/h4-5,9,11-13,15H,2-3,6-8,10,19H2,1H3. The number of hydrogen-bond donors (Lipinski definition) is 1. The quantitative estimate of drug-likeness (QED) is 0.893. The molecule has 2 nitrogen and oxygen atoms in total. The van der Waals surface area contributed by atoms with Crippen molar-refractivity contribution in [1.82, 2.24) is 0 Å². The largest absolute Gasteiger partial charge is 0.493 e. The maximum absolute atomic E-state index is 13.4. The first-order chi connectivity index (χ1) is 9.61. The molecule has 20 heavy (non-hydrogen) atoms. The van der Waals surface area contributed by atoms with E-state index in [2.05, 4.69) is 0 Å². The van der Waals surface area contributed by atoms with Crippen LogP contribution in [0.3, 0.4) is 0 Å². The highest BCUT2D eigenvalue weighted by Crippen LogP contribution is 2.48. The monoisotopic (exact) mass is 277 g/mol. The normalized spacial score (nSPS) is 29.6. The molecule has 0 saturated heterocycles. The molecule has 3 rings (SSSR count). The lowest BCUT2D eigenvalue weighted by Gasteiger charge is -2.22. The van der Waals surface area contributed by atoms with E-state index in [0.29, 0.717) is 12.3 Å². The van der Waals surface area contributed by atoms with E-state index >= 15 is 0 Å². The van der Waals surface area contributed by atoms with Crippen LogP contribution in [0.4, 0.5) is 4.39 Å². The zero-order valence-corrected chi connectivity index (χ0v) is 12.1. The molecule has 3 heteroatoms. The molecule has 4 atom stereocenters. The zero-order valence-electron chi connectivity index (χ0n) is 12.1. The third-order valence-electron chi connectivity index (χ3n) is 4.90. The molecule has 2 aliphatic rings. The van der Waals surface area contributed by atoms with Crippen LogP contribution in [0.2, 0.25) is 0 Å². The number of halogens is 1. The molecular weight excluding hydrogens is 253 g/mol. The number of rotatable bonds is 5. The van der Waals surface area contributed by atoms with Crippen molar-refractivity contribution >= 4 is 0 Å². The average Bonchev–Trinajstić information content (AvgIpc) is 2.99. The van der Waals surface area contributed by atoms with Gasteiger partial charge in [-0.1, -0.05) is 6.42 Å². The van der Waals surface area contributed by atoms with E-state index in [0.717, 1.165) is 29.8 Å². The van der Waals surface area contributed by atoms with Crippen LogP contribution in [0.15, 0.2) is 18.2 Å². The van der Waals surface area contributed by atoms with Crippen molar-refractivity contribution < 1.29 is 9.13 Å².